The highest BCUT2D eigenvalue weighted by atomic mass is 16.6. The Hall–Kier alpha value is -1.79. The lowest BCUT2D eigenvalue weighted by Crippen LogP contribution is -2.35. The summed E-state index contributed by atoms with van der Waals surface area (Å²) in [4.78, 5) is 10.8. The van der Waals surface area contributed by atoms with Crippen LogP contribution >= 0.6 is 0 Å². The standard InChI is InChI=1S/C14H19NO5/c16-4-3-15-11(9-14(17)18)7-10-1-2-12-13(8-10)20-6-5-19-12/h1-2,8,11,15-16H,3-7,9H2,(H,17,18). The van der Waals surface area contributed by atoms with Gasteiger partial charge in [0, 0.05) is 12.6 Å². The number of aliphatic hydroxyl groups excluding tert-OH is 1. The third-order valence-corrected chi connectivity index (χ3v) is 3.05. The minimum atomic E-state index is -0.863. The molecule has 1 aliphatic heterocycles. The van der Waals surface area contributed by atoms with Crippen molar-refractivity contribution in [2.45, 2.75) is 18.9 Å². The average molecular weight is 281 g/mol. The Morgan fingerprint density at radius 2 is 2.05 bits per heavy atom. The molecule has 0 saturated carbocycles. The summed E-state index contributed by atoms with van der Waals surface area (Å²) in [6.45, 7) is 1.43. The number of aliphatic hydroxyl groups is 1. The molecular formula is C14H19NO5. The lowest BCUT2D eigenvalue weighted by molar-refractivity contribution is -0.137. The van der Waals surface area contributed by atoms with Gasteiger partial charge in [0.1, 0.15) is 13.2 Å². The van der Waals surface area contributed by atoms with Crippen LogP contribution in [0.25, 0.3) is 0 Å². The molecule has 0 bridgehead atoms. The van der Waals surface area contributed by atoms with E-state index in [-0.39, 0.29) is 19.1 Å². The summed E-state index contributed by atoms with van der Waals surface area (Å²) in [7, 11) is 0. The first-order valence-corrected chi connectivity index (χ1v) is 6.63. The Kier molecular flexibility index (Phi) is 5.20. The summed E-state index contributed by atoms with van der Waals surface area (Å²) in [6, 6.07) is 5.41. The molecule has 0 fully saturated rings. The Morgan fingerprint density at radius 1 is 1.30 bits per heavy atom. The zero-order valence-corrected chi connectivity index (χ0v) is 11.2. The summed E-state index contributed by atoms with van der Waals surface area (Å²) < 4.78 is 11.0. The van der Waals surface area contributed by atoms with E-state index >= 15 is 0 Å². The molecule has 6 nitrogen and oxygen atoms in total. The predicted molar refractivity (Wildman–Crippen MR) is 72.3 cm³/mol. The van der Waals surface area contributed by atoms with Gasteiger partial charge in [-0.25, -0.2) is 0 Å². The van der Waals surface area contributed by atoms with Crippen LogP contribution < -0.4 is 14.8 Å². The summed E-state index contributed by atoms with van der Waals surface area (Å²) in [5, 5.41) is 20.8. The van der Waals surface area contributed by atoms with Crippen molar-refractivity contribution >= 4 is 5.97 Å². The Bertz CT molecular complexity index is 463. The second-order valence-electron chi connectivity index (χ2n) is 4.65. The number of ether oxygens (including phenoxy) is 2. The molecule has 0 aromatic heterocycles. The number of nitrogens with one attached hydrogen (secondary N) is 1. The highest BCUT2D eigenvalue weighted by molar-refractivity contribution is 5.67. The van der Waals surface area contributed by atoms with Gasteiger partial charge in [-0.05, 0) is 24.1 Å². The Morgan fingerprint density at radius 3 is 2.75 bits per heavy atom. The van der Waals surface area contributed by atoms with Gasteiger partial charge in [-0.2, -0.15) is 0 Å². The molecule has 1 aromatic rings. The fourth-order valence-corrected chi connectivity index (χ4v) is 2.20. The molecule has 2 rings (SSSR count). The molecule has 20 heavy (non-hydrogen) atoms. The lowest BCUT2D eigenvalue weighted by Gasteiger charge is -2.20. The molecule has 1 heterocycles. The van der Waals surface area contributed by atoms with Crippen molar-refractivity contribution in [3.63, 3.8) is 0 Å². The maximum Gasteiger partial charge on any atom is 0.304 e. The molecule has 1 aromatic carbocycles. The van der Waals surface area contributed by atoms with Crippen molar-refractivity contribution in [3.8, 4) is 11.5 Å². The number of carbonyl (C=O) groups is 1. The van der Waals surface area contributed by atoms with Gasteiger partial charge in [0.25, 0.3) is 0 Å². The van der Waals surface area contributed by atoms with Gasteiger partial charge < -0.3 is 25.0 Å². The van der Waals surface area contributed by atoms with Gasteiger partial charge in [0.2, 0.25) is 0 Å². The second kappa shape index (κ2) is 7.12. The van der Waals surface area contributed by atoms with Gasteiger partial charge in [0.05, 0.1) is 13.0 Å². The number of benzene rings is 1. The van der Waals surface area contributed by atoms with Crippen molar-refractivity contribution in [1.82, 2.24) is 5.32 Å². The molecule has 6 heteroatoms. The highest BCUT2D eigenvalue weighted by Crippen LogP contribution is 2.31. The van der Waals surface area contributed by atoms with Crippen LogP contribution in [0.15, 0.2) is 18.2 Å². The minimum absolute atomic E-state index is 0.00837. The van der Waals surface area contributed by atoms with E-state index in [1.165, 1.54) is 0 Å². The monoisotopic (exact) mass is 281 g/mol. The van der Waals surface area contributed by atoms with Crippen molar-refractivity contribution in [2.24, 2.45) is 0 Å². The molecule has 1 aliphatic rings. The van der Waals surface area contributed by atoms with Crippen LogP contribution in [0, 0.1) is 0 Å². The third kappa shape index (κ3) is 4.11. The first-order valence-electron chi connectivity index (χ1n) is 6.63. The second-order valence-corrected chi connectivity index (χ2v) is 4.65. The molecule has 1 atom stereocenters. The quantitative estimate of drug-likeness (QED) is 0.671. The van der Waals surface area contributed by atoms with Crippen molar-refractivity contribution in [2.75, 3.05) is 26.4 Å². The molecule has 0 amide bonds. The van der Waals surface area contributed by atoms with E-state index in [0.717, 1.165) is 11.3 Å². The topological polar surface area (TPSA) is 88.0 Å². The van der Waals surface area contributed by atoms with Gasteiger partial charge in [0.15, 0.2) is 11.5 Å². The van der Waals surface area contributed by atoms with E-state index in [9.17, 15) is 4.79 Å². The zero-order valence-electron chi connectivity index (χ0n) is 11.2. The number of aliphatic carboxylic acids is 1. The number of rotatable bonds is 7. The molecule has 0 spiro atoms. The third-order valence-electron chi connectivity index (χ3n) is 3.05. The van der Waals surface area contributed by atoms with Crippen LogP contribution in [-0.2, 0) is 11.2 Å². The Balaban J connectivity index is 2.03. The lowest BCUT2D eigenvalue weighted by atomic mass is 10.0. The molecule has 110 valence electrons. The number of hydrogen-bond donors (Lipinski definition) is 3. The molecular weight excluding hydrogens is 262 g/mol. The first-order chi connectivity index (χ1) is 9.69. The van der Waals surface area contributed by atoms with Crippen LogP contribution in [0.3, 0.4) is 0 Å². The van der Waals surface area contributed by atoms with Crippen LogP contribution in [-0.4, -0.2) is 48.6 Å². The largest absolute Gasteiger partial charge is 0.486 e. The number of hydrogen-bond acceptors (Lipinski definition) is 5. The maximum absolute atomic E-state index is 10.8. The zero-order chi connectivity index (χ0) is 14.4. The van der Waals surface area contributed by atoms with Gasteiger partial charge in [-0.3, -0.25) is 4.79 Å². The minimum Gasteiger partial charge on any atom is -0.486 e. The molecule has 3 N–H and O–H groups in total. The van der Waals surface area contributed by atoms with E-state index in [4.69, 9.17) is 19.7 Å². The number of carboxylic acids is 1. The molecule has 0 radical (unpaired) electrons. The number of carboxylic acid groups (broad SMARTS) is 1. The Labute approximate surface area is 117 Å². The van der Waals surface area contributed by atoms with E-state index in [2.05, 4.69) is 5.32 Å². The predicted octanol–water partition coefficient (Wildman–Crippen LogP) is 0.426. The van der Waals surface area contributed by atoms with E-state index in [0.29, 0.717) is 31.9 Å². The van der Waals surface area contributed by atoms with Crippen LogP contribution in [0.2, 0.25) is 0 Å². The normalized spacial score (nSPS) is 14.8. The fraction of sp³-hybridized carbons (Fsp3) is 0.500. The molecule has 0 saturated heterocycles. The van der Waals surface area contributed by atoms with Gasteiger partial charge in [-0.1, -0.05) is 6.07 Å². The molecule has 0 aliphatic carbocycles. The summed E-state index contributed by atoms with van der Waals surface area (Å²) in [5.74, 6) is 0.557. The SMILES string of the molecule is O=C(O)CC(Cc1ccc2c(c1)OCCO2)NCCO. The van der Waals surface area contributed by atoms with E-state index in [1.54, 1.807) is 0 Å². The molecule has 1 unspecified atom stereocenters. The van der Waals surface area contributed by atoms with Gasteiger partial charge in [-0.15, -0.1) is 0 Å². The van der Waals surface area contributed by atoms with E-state index < -0.39 is 5.97 Å². The van der Waals surface area contributed by atoms with Gasteiger partial charge >= 0.3 is 5.97 Å². The maximum atomic E-state index is 10.8. The number of fused-ring (bicyclic) bond motifs is 1. The fourth-order valence-electron chi connectivity index (χ4n) is 2.20. The smallest absolute Gasteiger partial charge is 0.304 e. The van der Waals surface area contributed by atoms with Crippen molar-refractivity contribution < 1.29 is 24.5 Å². The average Bonchev–Trinajstić information content (AvgIpc) is 2.44. The van der Waals surface area contributed by atoms with Crippen LogP contribution in [0.1, 0.15) is 12.0 Å². The van der Waals surface area contributed by atoms with Crippen molar-refractivity contribution in [3.05, 3.63) is 23.8 Å². The first kappa shape index (κ1) is 14.6. The summed E-state index contributed by atoms with van der Waals surface area (Å²) in [6.07, 6.45) is 0.567. The summed E-state index contributed by atoms with van der Waals surface area (Å²) in [5.41, 5.74) is 0.978. The van der Waals surface area contributed by atoms with Crippen LogP contribution in [0.4, 0.5) is 0 Å². The van der Waals surface area contributed by atoms with Crippen molar-refractivity contribution in [1.29, 1.82) is 0 Å². The summed E-state index contributed by atoms with van der Waals surface area (Å²) >= 11 is 0. The van der Waals surface area contributed by atoms with Crippen LogP contribution in [0.5, 0.6) is 11.5 Å². The van der Waals surface area contributed by atoms with E-state index in [1.807, 2.05) is 18.2 Å². The highest BCUT2D eigenvalue weighted by Gasteiger charge is 2.16.